The van der Waals surface area contributed by atoms with Gasteiger partial charge < -0.3 is 10.2 Å². The number of nitrogens with zero attached hydrogens (tertiary/aromatic N) is 4. The summed E-state index contributed by atoms with van der Waals surface area (Å²) in [7, 11) is 5.95. The first kappa shape index (κ1) is 13.5. The summed E-state index contributed by atoms with van der Waals surface area (Å²) >= 11 is 0. The highest BCUT2D eigenvalue weighted by Crippen LogP contribution is 2.12. The fraction of sp³-hybridized carbons (Fsp3) is 0.667. The molecule has 0 spiro atoms. The Bertz CT molecular complexity index is 403. The molecule has 0 bridgehead atoms. The van der Waals surface area contributed by atoms with Crippen molar-refractivity contribution in [1.29, 1.82) is 0 Å². The number of aromatic nitrogens is 2. The predicted molar refractivity (Wildman–Crippen MR) is 71.2 cm³/mol. The molecule has 0 saturated heterocycles. The highest BCUT2D eigenvalue weighted by atomic mass is 15.3. The average Bonchev–Trinajstić information content (AvgIpc) is 2.49. The van der Waals surface area contributed by atoms with Crippen LogP contribution in [0.2, 0.25) is 0 Å². The Balaban J connectivity index is 2.86. The lowest BCUT2D eigenvalue weighted by Crippen LogP contribution is -2.36. The van der Waals surface area contributed by atoms with E-state index in [0.717, 1.165) is 18.2 Å². The second-order valence-corrected chi connectivity index (χ2v) is 4.34. The first-order valence-corrected chi connectivity index (χ1v) is 5.92. The topological polar surface area (TPSA) is 45.5 Å². The zero-order valence-corrected chi connectivity index (χ0v) is 11.7. The lowest BCUT2D eigenvalue weighted by atomic mass is 10.2. The van der Waals surface area contributed by atoms with E-state index in [1.165, 1.54) is 11.3 Å². The zero-order valence-electron chi connectivity index (χ0n) is 11.7. The number of guanidine groups is 1. The Labute approximate surface area is 104 Å². The molecule has 5 nitrogen and oxygen atoms in total. The normalized spacial score (nSPS) is 11.8. The minimum atomic E-state index is 0.673. The summed E-state index contributed by atoms with van der Waals surface area (Å²) in [5.74, 6) is 0.912. The average molecular weight is 237 g/mol. The second-order valence-electron chi connectivity index (χ2n) is 4.34. The fourth-order valence-corrected chi connectivity index (χ4v) is 1.71. The minimum Gasteiger partial charge on any atom is -0.357 e. The van der Waals surface area contributed by atoms with Crippen LogP contribution in [-0.2, 0) is 13.6 Å². The van der Waals surface area contributed by atoms with E-state index in [2.05, 4.69) is 29.3 Å². The molecule has 1 aromatic heterocycles. The van der Waals surface area contributed by atoms with Crippen LogP contribution in [0.1, 0.15) is 23.9 Å². The van der Waals surface area contributed by atoms with Crippen molar-refractivity contribution in [2.24, 2.45) is 12.0 Å². The first-order chi connectivity index (χ1) is 7.97. The van der Waals surface area contributed by atoms with Crippen LogP contribution in [0.5, 0.6) is 0 Å². The highest BCUT2D eigenvalue weighted by Gasteiger charge is 2.09. The van der Waals surface area contributed by atoms with E-state index in [-0.39, 0.29) is 0 Å². The molecule has 1 aromatic rings. The lowest BCUT2D eigenvalue weighted by molar-refractivity contribution is 0.583. The van der Waals surface area contributed by atoms with Gasteiger partial charge in [-0.2, -0.15) is 5.10 Å². The molecule has 1 rings (SSSR count). The third-order valence-electron chi connectivity index (χ3n) is 2.80. The standard InChI is InChI=1S/C12H23N5/c1-7-13-12(16(4)5)14-8-11-9(2)15-17(6)10(11)3/h7-8H2,1-6H3,(H,13,14). The van der Waals surface area contributed by atoms with Gasteiger partial charge in [-0.25, -0.2) is 4.99 Å². The van der Waals surface area contributed by atoms with Gasteiger partial charge in [0.05, 0.1) is 12.2 Å². The third-order valence-corrected chi connectivity index (χ3v) is 2.80. The lowest BCUT2D eigenvalue weighted by Gasteiger charge is -2.16. The number of rotatable bonds is 3. The molecular formula is C12H23N5. The van der Waals surface area contributed by atoms with Crippen LogP contribution >= 0.6 is 0 Å². The Morgan fingerprint density at radius 2 is 2.06 bits per heavy atom. The number of aryl methyl sites for hydroxylation is 2. The van der Waals surface area contributed by atoms with Crippen molar-refractivity contribution in [1.82, 2.24) is 20.0 Å². The van der Waals surface area contributed by atoms with Crippen molar-refractivity contribution in [3.63, 3.8) is 0 Å². The molecule has 96 valence electrons. The van der Waals surface area contributed by atoms with E-state index in [9.17, 15) is 0 Å². The molecule has 0 saturated carbocycles. The van der Waals surface area contributed by atoms with Gasteiger partial charge in [0.15, 0.2) is 5.96 Å². The van der Waals surface area contributed by atoms with E-state index in [1.54, 1.807) is 0 Å². The molecule has 0 amide bonds. The quantitative estimate of drug-likeness (QED) is 0.631. The van der Waals surface area contributed by atoms with Crippen LogP contribution in [0, 0.1) is 13.8 Å². The Kier molecular flexibility index (Phi) is 4.54. The van der Waals surface area contributed by atoms with Gasteiger partial charge in [0.1, 0.15) is 0 Å². The van der Waals surface area contributed by atoms with Crippen LogP contribution in [-0.4, -0.2) is 41.3 Å². The van der Waals surface area contributed by atoms with Crippen LogP contribution in [0.25, 0.3) is 0 Å². The molecule has 0 unspecified atom stereocenters. The van der Waals surface area contributed by atoms with E-state index in [0.29, 0.717) is 6.54 Å². The molecule has 0 aliphatic heterocycles. The maximum absolute atomic E-state index is 4.60. The van der Waals surface area contributed by atoms with Gasteiger partial charge in [-0.05, 0) is 20.8 Å². The molecule has 1 heterocycles. The van der Waals surface area contributed by atoms with Gasteiger partial charge in [-0.3, -0.25) is 4.68 Å². The zero-order chi connectivity index (χ0) is 13.0. The Hall–Kier alpha value is -1.52. The first-order valence-electron chi connectivity index (χ1n) is 5.92. The number of aliphatic imine (C=N–C) groups is 1. The summed E-state index contributed by atoms with van der Waals surface area (Å²) in [4.78, 5) is 6.59. The molecule has 0 aliphatic rings. The number of hydrogen-bond donors (Lipinski definition) is 1. The van der Waals surface area contributed by atoms with Gasteiger partial charge in [-0.15, -0.1) is 0 Å². The summed E-state index contributed by atoms with van der Waals surface area (Å²) in [6, 6.07) is 0. The van der Waals surface area contributed by atoms with Crippen molar-refractivity contribution >= 4 is 5.96 Å². The summed E-state index contributed by atoms with van der Waals surface area (Å²) in [6.07, 6.45) is 0. The van der Waals surface area contributed by atoms with E-state index >= 15 is 0 Å². The van der Waals surface area contributed by atoms with Crippen molar-refractivity contribution in [3.05, 3.63) is 17.0 Å². The number of nitrogens with one attached hydrogen (secondary N) is 1. The minimum absolute atomic E-state index is 0.673. The van der Waals surface area contributed by atoms with Crippen LogP contribution < -0.4 is 5.32 Å². The van der Waals surface area contributed by atoms with Crippen LogP contribution in [0.15, 0.2) is 4.99 Å². The summed E-state index contributed by atoms with van der Waals surface area (Å²) < 4.78 is 1.91. The Morgan fingerprint density at radius 1 is 1.41 bits per heavy atom. The van der Waals surface area contributed by atoms with Crippen molar-refractivity contribution in [2.45, 2.75) is 27.3 Å². The van der Waals surface area contributed by atoms with Crippen molar-refractivity contribution in [3.8, 4) is 0 Å². The molecule has 0 radical (unpaired) electrons. The van der Waals surface area contributed by atoms with Crippen molar-refractivity contribution < 1.29 is 0 Å². The molecular weight excluding hydrogens is 214 g/mol. The largest absolute Gasteiger partial charge is 0.357 e. The maximum Gasteiger partial charge on any atom is 0.193 e. The van der Waals surface area contributed by atoms with Crippen molar-refractivity contribution in [2.75, 3.05) is 20.6 Å². The number of hydrogen-bond acceptors (Lipinski definition) is 2. The molecule has 0 aliphatic carbocycles. The van der Waals surface area contributed by atoms with Gasteiger partial charge in [0, 0.05) is 38.9 Å². The van der Waals surface area contributed by atoms with Gasteiger partial charge in [0.2, 0.25) is 0 Å². The van der Waals surface area contributed by atoms with Gasteiger partial charge in [0.25, 0.3) is 0 Å². The molecule has 17 heavy (non-hydrogen) atoms. The fourth-order valence-electron chi connectivity index (χ4n) is 1.71. The van der Waals surface area contributed by atoms with Gasteiger partial charge >= 0.3 is 0 Å². The maximum atomic E-state index is 4.60. The molecule has 5 heteroatoms. The van der Waals surface area contributed by atoms with Crippen LogP contribution in [0.4, 0.5) is 0 Å². The second kappa shape index (κ2) is 5.70. The summed E-state index contributed by atoms with van der Waals surface area (Å²) in [6.45, 7) is 7.72. The predicted octanol–water partition coefficient (Wildman–Crippen LogP) is 1.06. The third kappa shape index (κ3) is 3.22. The Morgan fingerprint density at radius 3 is 2.47 bits per heavy atom. The highest BCUT2D eigenvalue weighted by molar-refractivity contribution is 5.79. The summed E-state index contributed by atoms with van der Waals surface area (Å²) in [5.41, 5.74) is 3.45. The monoisotopic (exact) mass is 237 g/mol. The smallest absolute Gasteiger partial charge is 0.193 e. The SMILES string of the molecule is CCNC(=NCc1c(C)nn(C)c1C)N(C)C. The molecule has 0 atom stereocenters. The van der Waals surface area contributed by atoms with Gasteiger partial charge in [-0.1, -0.05) is 0 Å². The van der Waals surface area contributed by atoms with E-state index in [4.69, 9.17) is 0 Å². The molecule has 0 aromatic carbocycles. The van der Waals surface area contributed by atoms with E-state index in [1.807, 2.05) is 37.6 Å². The summed E-state index contributed by atoms with van der Waals surface area (Å²) in [5, 5.41) is 7.64. The molecule has 0 fully saturated rings. The van der Waals surface area contributed by atoms with Crippen LogP contribution in [0.3, 0.4) is 0 Å². The van der Waals surface area contributed by atoms with E-state index < -0.39 is 0 Å². The molecule has 1 N–H and O–H groups in total.